The Bertz CT molecular complexity index is 902. The molecule has 1 aromatic heterocycles. The molecule has 3 aromatic rings. The molecule has 2 aromatic carbocycles. The average molecular weight is 327 g/mol. The van der Waals surface area contributed by atoms with Gasteiger partial charge in [0.25, 0.3) is 0 Å². The Morgan fingerprint density at radius 1 is 0.760 bits per heavy atom. The van der Waals surface area contributed by atoms with Crippen LogP contribution in [0, 0.1) is 0 Å². The molecular weight excluding hydrogens is 310 g/mol. The van der Waals surface area contributed by atoms with Crippen LogP contribution < -0.4 is 0 Å². The van der Waals surface area contributed by atoms with Crippen LogP contribution in [0.4, 0.5) is 0 Å². The summed E-state index contributed by atoms with van der Waals surface area (Å²) in [5, 5.41) is 8.50. The minimum absolute atomic E-state index is 0.163. The van der Waals surface area contributed by atoms with Gasteiger partial charge in [0.2, 0.25) is 5.78 Å². The lowest BCUT2D eigenvalue weighted by Gasteiger charge is -2.05. The first kappa shape index (κ1) is 16.5. The quantitative estimate of drug-likeness (QED) is 0.401. The number of hydrogen-bond acceptors (Lipinski definition) is 4. The second-order valence-corrected chi connectivity index (χ2v) is 5.41. The first-order valence-corrected chi connectivity index (χ1v) is 7.94. The molecule has 0 fully saturated rings. The van der Waals surface area contributed by atoms with E-state index in [2.05, 4.69) is 15.2 Å². The summed E-state index contributed by atoms with van der Waals surface area (Å²) in [5.74, 6) is -0.163. The molecule has 0 amide bonds. The van der Waals surface area contributed by atoms with Crippen molar-refractivity contribution in [1.82, 2.24) is 4.98 Å². The van der Waals surface area contributed by atoms with E-state index in [1.807, 2.05) is 73.7 Å². The summed E-state index contributed by atoms with van der Waals surface area (Å²) in [7, 11) is 0. The SMILES string of the molecule is C/C(=N\N=C(\C(=O)c1ccccc1)c1ccccc1)c1ccccn1. The minimum atomic E-state index is -0.163. The fraction of sp³-hybridized carbons (Fsp3) is 0.0476. The Morgan fingerprint density at radius 2 is 1.36 bits per heavy atom. The van der Waals surface area contributed by atoms with Gasteiger partial charge in [-0.05, 0) is 19.1 Å². The Kier molecular flexibility index (Phi) is 5.22. The number of benzene rings is 2. The molecule has 0 saturated carbocycles. The highest BCUT2D eigenvalue weighted by atomic mass is 16.1. The molecule has 0 unspecified atom stereocenters. The summed E-state index contributed by atoms with van der Waals surface area (Å²) in [6, 6.07) is 24.0. The summed E-state index contributed by atoms with van der Waals surface area (Å²) in [4.78, 5) is 17.1. The maximum absolute atomic E-state index is 12.9. The Hall–Kier alpha value is -3.40. The van der Waals surface area contributed by atoms with Crippen molar-refractivity contribution in [2.45, 2.75) is 6.92 Å². The molecule has 0 saturated heterocycles. The van der Waals surface area contributed by atoms with Crippen molar-refractivity contribution < 1.29 is 4.79 Å². The fourth-order valence-electron chi connectivity index (χ4n) is 2.31. The van der Waals surface area contributed by atoms with E-state index in [9.17, 15) is 4.79 Å². The number of ketones is 1. The van der Waals surface area contributed by atoms with Gasteiger partial charge in [-0.15, -0.1) is 5.10 Å². The molecule has 0 aliphatic carbocycles. The summed E-state index contributed by atoms with van der Waals surface area (Å²) in [6.45, 7) is 1.82. The van der Waals surface area contributed by atoms with Gasteiger partial charge in [-0.2, -0.15) is 5.10 Å². The number of carbonyl (C=O) groups excluding carboxylic acids is 1. The average Bonchev–Trinajstić information content (AvgIpc) is 2.70. The molecule has 1 heterocycles. The van der Waals surface area contributed by atoms with Crippen LogP contribution in [0.15, 0.2) is 95.3 Å². The van der Waals surface area contributed by atoms with Crippen molar-refractivity contribution in [3.8, 4) is 0 Å². The first-order chi connectivity index (χ1) is 12.3. The van der Waals surface area contributed by atoms with Crippen LogP contribution >= 0.6 is 0 Å². The normalized spacial score (nSPS) is 12.0. The Morgan fingerprint density at radius 3 is 1.96 bits per heavy atom. The summed E-state index contributed by atoms with van der Waals surface area (Å²) in [6.07, 6.45) is 1.70. The van der Waals surface area contributed by atoms with Crippen molar-refractivity contribution in [2.75, 3.05) is 0 Å². The molecule has 0 bridgehead atoms. The highest BCUT2D eigenvalue weighted by Crippen LogP contribution is 2.10. The molecule has 4 nitrogen and oxygen atoms in total. The monoisotopic (exact) mass is 327 g/mol. The second kappa shape index (κ2) is 7.93. The van der Waals surface area contributed by atoms with Crippen molar-refractivity contribution in [2.24, 2.45) is 10.2 Å². The number of hydrogen-bond donors (Lipinski definition) is 0. The van der Waals surface area contributed by atoms with Gasteiger partial charge >= 0.3 is 0 Å². The van der Waals surface area contributed by atoms with E-state index in [1.54, 1.807) is 18.3 Å². The number of nitrogens with zero attached hydrogens (tertiary/aromatic N) is 3. The Labute approximate surface area is 146 Å². The maximum Gasteiger partial charge on any atom is 0.213 e. The van der Waals surface area contributed by atoms with Crippen LogP contribution in [0.5, 0.6) is 0 Å². The lowest BCUT2D eigenvalue weighted by atomic mass is 10.0. The fourth-order valence-corrected chi connectivity index (χ4v) is 2.31. The zero-order chi connectivity index (χ0) is 17.5. The number of Topliss-reactive ketones (excluding diaryl/α,β-unsaturated/α-hetero) is 1. The van der Waals surface area contributed by atoms with Crippen LogP contribution in [-0.4, -0.2) is 22.2 Å². The van der Waals surface area contributed by atoms with Crippen LogP contribution in [-0.2, 0) is 0 Å². The van der Waals surface area contributed by atoms with Gasteiger partial charge in [-0.25, -0.2) is 0 Å². The highest BCUT2D eigenvalue weighted by Gasteiger charge is 2.16. The number of pyridine rings is 1. The molecule has 3 rings (SSSR count). The molecular formula is C21H17N3O. The van der Waals surface area contributed by atoms with Gasteiger partial charge in [0.15, 0.2) is 0 Å². The van der Waals surface area contributed by atoms with Gasteiger partial charge in [-0.3, -0.25) is 9.78 Å². The lowest BCUT2D eigenvalue weighted by molar-refractivity contribution is 0.106. The number of rotatable bonds is 5. The lowest BCUT2D eigenvalue weighted by Crippen LogP contribution is -2.16. The van der Waals surface area contributed by atoms with E-state index in [-0.39, 0.29) is 5.78 Å². The van der Waals surface area contributed by atoms with Crippen molar-refractivity contribution in [3.05, 3.63) is 102 Å². The molecule has 0 atom stereocenters. The largest absolute Gasteiger partial charge is 0.287 e. The topological polar surface area (TPSA) is 54.7 Å². The zero-order valence-corrected chi connectivity index (χ0v) is 13.8. The standard InChI is InChI=1S/C21H17N3O/c1-16(19-14-8-9-15-22-19)23-24-20(17-10-4-2-5-11-17)21(25)18-12-6-3-7-13-18/h2-15H,1H3/b23-16+,24-20+. The molecule has 25 heavy (non-hydrogen) atoms. The van der Waals surface area contributed by atoms with Crippen LogP contribution in [0.3, 0.4) is 0 Å². The third-order valence-corrected chi connectivity index (χ3v) is 3.63. The van der Waals surface area contributed by atoms with Gasteiger partial charge in [0.1, 0.15) is 5.71 Å². The zero-order valence-electron chi connectivity index (χ0n) is 13.8. The van der Waals surface area contributed by atoms with E-state index >= 15 is 0 Å². The molecule has 0 aliphatic rings. The molecule has 122 valence electrons. The maximum atomic E-state index is 12.9. The van der Waals surface area contributed by atoms with E-state index in [0.717, 1.165) is 11.3 Å². The van der Waals surface area contributed by atoms with Gasteiger partial charge in [0, 0.05) is 17.3 Å². The predicted molar refractivity (Wildman–Crippen MR) is 100 cm³/mol. The summed E-state index contributed by atoms with van der Waals surface area (Å²) >= 11 is 0. The third-order valence-electron chi connectivity index (χ3n) is 3.63. The number of aromatic nitrogens is 1. The first-order valence-electron chi connectivity index (χ1n) is 7.94. The Balaban J connectivity index is 2.01. The number of carbonyl (C=O) groups is 1. The predicted octanol–water partition coefficient (Wildman–Crippen LogP) is 4.18. The summed E-state index contributed by atoms with van der Waals surface area (Å²) in [5.41, 5.74) is 2.99. The molecule has 0 spiro atoms. The van der Waals surface area contributed by atoms with Gasteiger partial charge in [-0.1, -0.05) is 66.7 Å². The van der Waals surface area contributed by atoms with Gasteiger partial charge < -0.3 is 0 Å². The van der Waals surface area contributed by atoms with Crippen molar-refractivity contribution in [1.29, 1.82) is 0 Å². The third kappa shape index (κ3) is 4.12. The highest BCUT2D eigenvalue weighted by molar-refractivity contribution is 6.51. The second-order valence-electron chi connectivity index (χ2n) is 5.41. The van der Waals surface area contributed by atoms with E-state index in [4.69, 9.17) is 0 Å². The molecule has 4 heteroatoms. The molecule has 0 N–H and O–H groups in total. The van der Waals surface area contributed by atoms with Crippen LogP contribution in [0.1, 0.15) is 28.5 Å². The smallest absolute Gasteiger partial charge is 0.213 e. The van der Waals surface area contributed by atoms with Crippen molar-refractivity contribution >= 4 is 17.2 Å². The minimum Gasteiger partial charge on any atom is -0.287 e. The summed E-state index contributed by atoms with van der Waals surface area (Å²) < 4.78 is 0. The van der Waals surface area contributed by atoms with E-state index in [1.165, 1.54) is 0 Å². The van der Waals surface area contributed by atoms with E-state index < -0.39 is 0 Å². The van der Waals surface area contributed by atoms with Crippen LogP contribution in [0.25, 0.3) is 0 Å². The van der Waals surface area contributed by atoms with Gasteiger partial charge in [0.05, 0.1) is 11.4 Å². The molecule has 0 aliphatic heterocycles. The van der Waals surface area contributed by atoms with Crippen molar-refractivity contribution in [3.63, 3.8) is 0 Å². The van der Waals surface area contributed by atoms with E-state index in [0.29, 0.717) is 17.0 Å². The molecule has 0 radical (unpaired) electrons. The van der Waals surface area contributed by atoms with Crippen LogP contribution in [0.2, 0.25) is 0 Å².